The van der Waals surface area contributed by atoms with Crippen LogP contribution in [0, 0.1) is 0 Å². The van der Waals surface area contributed by atoms with Gasteiger partial charge in [-0.1, -0.05) is 29.8 Å². The Morgan fingerprint density at radius 1 is 0.977 bits per heavy atom. The second-order valence-electron chi connectivity index (χ2n) is 9.94. The Morgan fingerprint density at radius 2 is 1.75 bits per heavy atom. The van der Waals surface area contributed by atoms with Gasteiger partial charge in [0.15, 0.2) is 11.5 Å². The zero-order chi connectivity index (χ0) is 31.2. The Morgan fingerprint density at radius 3 is 2.45 bits per heavy atom. The second-order valence-corrected chi connectivity index (χ2v) is 10.3. The molecule has 2 N–H and O–H groups in total. The number of ether oxygens (including phenoxy) is 3. The molecule has 0 bridgehead atoms. The van der Waals surface area contributed by atoms with Crippen molar-refractivity contribution in [1.82, 2.24) is 10.4 Å². The molecule has 44 heavy (non-hydrogen) atoms. The Labute approximate surface area is 260 Å². The number of nitrogens with zero attached hydrogens (tertiary/aromatic N) is 2. The molecule has 9 nitrogen and oxygen atoms in total. The van der Waals surface area contributed by atoms with Crippen molar-refractivity contribution in [3.05, 3.63) is 107 Å². The Balaban J connectivity index is 1.38. The van der Waals surface area contributed by atoms with Crippen LogP contribution in [0.5, 0.6) is 17.2 Å². The number of carbonyl (C=O) groups excluding carboxylic acids is 2. The molecular weight excluding hydrogens is 580 g/mol. The summed E-state index contributed by atoms with van der Waals surface area (Å²) < 4.78 is 16.5. The van der Waals surface area contributed by atoms with Crippen LogP contribution in [0.15, 0.2) is 90.0 Å². The Kier molecular flexibility index (Phi) is 9.16. The first kappa shape index (κ1) is 30.2. The maximum Gasteiger partial charge on any atom is 0.343 e. The van der Waals surface area contributed by atoms with E-state index in [0.717, 1.165) is 22.2 Å². The first-order chi connectivity index (χ1) is 21.3. The van der Waals surface area contributed by atoms with Crippen molar-refractivity contribution in [1.29, 1.82) is 0 Å². The lowest BCUT2D eigenvalue weighted by Crippen LogP contribution is -2.19. The van der Waals surface area contributed by atoms with Gasteiger partial charge >= 0.3 is 5.97 Å². The fourth-order valence-corrected chi connectivity index (χ4v) is 4.87. The van der Waals surface area contributed by atoms with Gasteiger partial charge < -0.3 is 24.1 Å². The van der Waals surface area contributed by atoms with Gasteiger partial charge in [-0.15, -0.1) is 0 Å². The molecule has 0 spiro atoms. The van der Waals surface area contributed by atoms with E-state index < -0.39 is 11.9 Å². The van der Waals surface area contributed by atoms with Crippen LogP contribution >= 0.6 is 11.6 Å². The molecule has 1 amide bonds. The summed E-state index contributed by atoms with van der Waals surface area (Å²) in [4.78, 5) is 31.4. The van der Waals surface area contributed by atoms with Gasteiger partial charge in [0.25, 0.3) is 5.91 Å². The number of aromatic nitrogens is 1. The van der Waals surface area contributed by atoms with Crippen LogP contribution in [0.3, 0.4) is 0 Å². The molecule has 0 saturated carbocycles. The molecule has 5 rings (SSSR count). The molecule has 1 aromatic heterocycles. The summed E-state index contributed by atoms with van der Waals surface area (Å²) in [6.45, 7) is 2.18. The predicted molar refractivity (Wildman–Crippen MR) is 174 cm³/mol. The van der Waals surface area contributed by atoms with Gasteiger partial charge in [-0.05, 0) is 79.2 Å². The molecule has 5 aromatic rings. The number of hydrogen-bond acceptors (Lipinski definition) is 7. The Hall–Kier alpha value is -5.28. The van der Waals surface area contributed by atoms with Crippen LogP contribution in [0.4, 0.5) is 5.69 Å². The summed E-state index contributed by atoms with van der Waals surface area (Å²) in [6, 6.07) is 24.9. The van der Waals surface area contributed by atoms with E-state index in [1.54, 1.807) is 55.6 Å². The largest absolute Gasteiger partial charge is 0.497 e. The number of halogens is 1. The van der Waals surface area contributed by atoms with E-state index in [1.165, 1.54) is 6.21 Å². The zero-order valence-electron chi connectivity index (χ0n) is 24.7. The number of H-pyrrole nitrogens is 1. The van der Waals surface area contributed by atoms with Crippen molar-refractivity contribution < 1.29 is 23.8 Å². The highest BCUT2D eigenvalue weighted by Crippen LogP contribution is 2.38. The molecular formula is C34H31ClN4O5. The van der Waals surface area contributed by atoms with Crippen LogP contribution in [-0.4, -0.2) is 50.9 Å². The van der Waals surface area contributed by atoms with Gasteiger partial charge in [0, 0.05) is 46.8 Å². The average Bonchev–Trinajstić information content (AvgIpc) is 3.41. The van der Waals surface area contributed by atoms with Gasteiger partial charge in [-0.3, -0.25) is 4.79 Å². The summed E-state index contributed by atoms with van der Waals surface area (Å²) in [7, 11) is 5.47. The molecule has 224 valence electrons. The molecule has 0 fully saturated rings. The van der Waals surface area contributed by atoms with Crippen molar-refractivity contribution in [3.63, 3.8) is 0 Å². The number of benzene rings is 4. The molecule has 0 aliphatic heterocycles. The van der Waals surface area contributed by atoms with Crippen LogP contribution in [0.1, 0.15) is 33.3 Å². The highest BCUT2D eigenvalue weighted by molar-refractivity contribution is 6.34. The molecule has 10 heteroatoms. The maximum absolute atomic E-state index is 13.4. The Bertz CT molecular complexity index is 1850. The summed E-state index contributed by atoms with van der Waals surface area (Å²) in [6.07, 6.45) is 1.48. The van der Waals surface area contributed by atoms with E-state index in [4.69, 9.17) is 25.8 Å². The summed E-state index contributed by atoms with van der Waals surface area (Å²) in [5.74, 6) is 0.281. The van der Waals surface area contributed by atoms with E-state index >= 15 is 0 Å². The number of fused-ring (bicyclic) bond motifs is 1. The molecule has 0 saturated heterocycles. The number of rotatable bonds is 10. The third-order valence-corrected chi connectivity index (χ3v) is 7.17. The van der Waals surface area contributed by atoms with Gasteiger partial charge in [-0.2, -0.15) is 5.10 Å². The topological polar surface area (TPSA) is 105 Å². The smallest absolute Gasteiger partial charge is 0.343 e. The van der Waals surface area contributed by atoms with Crippen molar-refractivity contribution in [3.8, 4) is 28.4 Å². The predicted octanol–water partition coefficient (Wildman–Crippen LogP) is 6.94. The standard InChI is InChI=1S/C34H31ClN4O5/c1-5-43-30-18-21(10-17-29(30)44-34(41)22-11-14-24(42-4)15-12-22)20-36-38-33(40)32-31(25-8-6-7-9-27(25)35)26-19-23(39(2)3)13-16-28(26)37-32/h6-20,37H,5H2,1-4H3,(H,38,40). The monoisotopic (exact) mass is 610 g/mol. The molecule has 0 aliphatic carbocycles. The second kappa shape index (κ2) is 13.4. The number of anilines is 1. The minimum Gasteiger partial charge on any atom is -0.497 e. The van der Waals surface area contributed by atoms with Crippen LogP contribution in [0.2, 0.25) is 5.02 Å². The normalized spacial score (nSPS) is 11.0. The lowest BCUT2D eigenvalue weighted by Gasteiger charge is -2.13. The van der Waals surface area contributed by atoms with Gasteiger partial charge in [-0.25, -0.2) is 10.2 Å². The minimum atomic E-state index is -0.535. The first-order valence-corrected chi connectivity index (χ1v) is 14.2. The van der Waals surface area contributed by atoms with Crippen molar-refractivity contribution in [2.75, 3.05) is 32.7 Å². The molecule has 0 atom stereocenters. The molecule has 0 aliphatic rings. The van der Waals surface area contributed by atoms with E-state index in [-0.39, 0.29) is 5.75 Å². The number of aromatic amines is 1. The highest BCUT2D eigenvalue weighted by atomic mass is 35.5. The fourth-order valence-electron chi connectivity index (χ4n) is 4.64. The molecule has 4 aromatic carbocycles. The van der Waals surface area contributed by atoms with E-state index in [1.807, 2.05) is 62.3 Å². The number of amides is 1. The number of esters is 1. The van der Waals surface area contributed by atoms with Crippen LogP contribution in [0.25, 0.3) is 22.0 Å². The van der Waals surface area contributed by atoms with Crippen molar-refractivity contribution in [2.45, 2.75) is 6.92 Å². The van der Waals surface area contributed by atoms with E-state index in [0.29, 0.717) is 45.5 Å². The van der Waals surface area contributed by atoms with E-state index in [9.17, 15) is 9.59 Å². The van der Waals surface area contributed by atoms with E-state index in [2.05, 4.69) is 15.5 Å². The first-order valence-electron chi connectivity index (χ1n) is 13.8. The minimum absolute atomic E-state index is 0.258. The van der Waals surface area contributed by atoms with Crippen LogP contribution in [-0.2, 0) is 0 Å². The van der Waals surface area contributed by atoms with Gasteiger partial charge in [0.05, 0.1) is 25.5 Å². The number of hydrazone groups is 1. The SMILES string of the molecule is CCOc1cc(C=NNC(=O)c2[nH]c3ccc(N(C)C)cc3c2-c2ccccc2Cl)ccc1OC(=O)c1ccc(OC)cc1. The van der Waals surface area contributed by atoms with Gasteiger partial charge in [0.1, 0.15) is 11.4 Å². The fraction of sp³-hybridized carbons (Fsp3) is 0.147. The third kappa shape index (κ3) is 6.53. The number of carbonyl (C=O) groups is 2. The summed E-state index contributed by atoms with van der Waals surface area (Å²) in [5, 5.41) is 5.57. The highest BCUT2D eigenvalue weighted by Gasteiger charge is 2.21. The molecule has 1 heterocycles. The lowest BCUT2D eigenvalue weighted by molar-refractivity contribution is 0.0728. The zero-order valence-corrected chi connectivity index (χ0v) is 25.4. The van der Waals surface area contributed by atoms with Crippen molar-refractivity contribution >= 4 is 46.3 Å². The summed E-state index contributed by atoms with van der Waals surface area (Å²) in [5.41, 5.74) is 7.12. The third-order valence-electron chi connectivity index (χ3n) is 6.84. The maximum atomic E-state index is 13.4. The molecule has 0 radical (unpaired) electrons. The van der Waals surface area contributed by atoms with Crippen molar-refractivity contribution in [2.24, 2.45) is 5.10 Å². The number of hydrogen-bond donors (Lipinski definition) is 2. The molecule has 0 unspecified atom stereocenters. The lowest BCUT2D eigenvalue weighted by atomic mass is 10.0. The number of nitrogens with one attached hydrogen (secondary N) is 2. The average molecular weight is 611 g/mol. The van der Waals surface area contributed by atoms with Crippen LogP contribution < -0.4 is 24.5 Å². The summed E-state index contributed by atoms with van der Waals surface area (Å²) >= 11 is 6.58. The number of methoxy groups -OCH3 is 1. The van der Waals surface area contributed by atoms with Gasteiger partial charge in [0.2, 0.25) is 0 Å². The quantitative estimate of drug-likeness (QED) is 0.0768.